The van der Waals surface area contributed by atoms with E-state index in [1.165, 1.54) is 0 Å². The van der Waals surface area contributed by atoms with Crippen LogP contribution in [0, 0.1) is 6.92 Å². The van der Waals surface area contributed by atoms with Crippen molar-refractivity contribution in [3.8, 4) is 5.75 Å². The summed E-state index contributed by atoms with van der Waals surface area (Å²) in [6.45, 7) is 6.08. The van der Waals surface area contributed by atoms with Gasteiger partial charge in [-0.1, -0.05) is 11.6 Å². The molecule has 1 heterocycles. The number of rotatable bonds is 7. The molecule has 1 aromatic heterocycles. The van der Waals surface area contributed by atoms with Gasteiger partial charge in [0.25, 0.3) is 0 Å². The van der Waals surface area contributed by atoms with Crippen LogP contribution in [0.4, 0.5) is 5.69 Å². The second kappa shape index (κ2) is 8.74. The van der Waals surface area contributed by atoms with E-state index < -0.39 is 0 Å². The van der Waals surface area contributed by atoms with Crippen LogP contribution in [-0.2, 0) is 6.54 Å². The number of nitrogens with zero attached hydrogens (tertiary/aromatic N) is 2. The molecule has 5 nitrogen and oxygen atoms in total. The van der Waals surface area contributed by atoms with Gasteiger partial charge in [0.2, 0.25) is 0 Å². The second-order valence-electron chi connectivity index (χ2n) is 5.02. The van der Waals surface area contributed by atoms with Gasteiger partial charge < -0.3 is 15.4 Å². The van der Waals surface area contributed by atoms with Crippen LogP contribution in [0.5, 0.6) is 5.75 Å². The van der Waals surface area contributed by atoms with Crippen LogP contribution in [0.3, 0.4) is 0 Å². The molecule has 2 rings (SSSR count). The van der Waals surface area contributed by atoms with E-state index in [0.717, 1.165) is 36.6 Å². The first kappa shape index (κ1) is 17.6. The first-order valence-electron chi connectivity index (χ1n) is 7.55. The van der Waals surface area contributed by atoms with Crippen molar-refractivity contribution in [2.45, 2.75) is 26.8 Å². The van der Waals surface area contributed by atoms with Crippen LogP contribution in [0.2, 0.25) is 5.02 Å². The van der Waals surface area contributed by atoms with Gasteiger partial charge in [0.15, 0.2) is 5.11 Å². The van der Waals surface area contributed by atoms with Gasteiger partial charge in [-0.05, 0) is 56.8 Å². The van der Waals surface area contributed by atoms with Crippen molar-refractivity contribution >= 4 is 34.6 Å². The number of anilines is 1. The van der Waals surface area contributed by atoms with Gasteiger partial charge in [-0.3, -0.25) is 4.68 Å². The number of ether oxygens (including phenoxy) is 1. The maximum atomic E-state index is 5.98. The molecule has 124 valence electrons. The standard InChI is InChI=1S/C16H21ClN4OS/c1-3-22-14-7-5-13(6-8-14)19-16(23)18-9-4-10-21-11-15(17)12(2)20-21/h5-8,11H,3-4,9-10H2,1-2H3,(H2,18,19,23). The number of benzene rings is 1. The zero-order valence-electron chi connectivity index (χ0n) is 13.3. The van der Waals surface area contributed by atoms with E-state index in [0.29, 0.717) is 16.7 Å². The molecule has 0 spiro atoms. The average molecular weight is 353 g/mol. The van der Waals surface area contributed by atoms with Crippen molar-refractivity contribution in [3.05, 3.63) is 41.2 Å². The Morgan fingerprint density at radius 2 is 2.09 bits per heavy atom. The summed E-state index contributed by atoms with van der Waals surface area (Å²) in [6, 6.07) is 7.71. The zero-order valence-corrected chi connectivity index (χ0v) is 14.9. The van der Waals surface area contributed by atoms with E-state index in [1.807, 2.05) is 49.0 Å². The van der Waals surface area contributed by atoms with Gasteiger partial charge in [0, 0.05) is 25.0 Å². The lowest BCUT2D eigenvalue weighted by Gasteiger charge is -2.11. The third-order valence-corrected chi connectivity index (χ3v) is 3.78. The quantitative estimate of drug-likeness (QED) is 0.588. The number of aryl methyl sites for hydroxylation is 2. The summed E-state index contributed by atoms with van der Waals surface area (Å²) < 4.78 is 7.25. The van der Waals surface area contributed by atoms with Gasteiger partial charge in [-0.15, -0.1) is 0 Å². The minimum atomic E-state index is 0.601. The number of hydrogen-bond donors (Lipinski definition) is 2. The molecule has 2 aromatic rings. The van der Waals surface area contributed by atoms with Crippen molar-refractivity contribution < 1.29 is 4.74 Å². The highest BCUT2D eigenvalue weighted by Gasteiger charge is 2.02. The molecule has 1 aromatic carbocycles. The van der Waals surface area contributed by atoms with Crippen LogP contribution in [0.1, 0.15) is 19.0 Å². The zero-order chi connectivity index (χ0) is 16.7. The van der Waals surface area contributed by atoms with Crippen LogP contribution in [-0.4, -0.2) is 28.0 Å². The van der Waals surface area contributed by atoms with Gasteiger partial charge in [-0.2, -0.15) is 5.10 Å². The third-order valence-electron chi connectivity index (χ3n) is 3.16. The molecule has 0 saturated heterocycles. The molecule has 0 atom stereocenters. The number of aromatic nitrogens is 2. The number of thiocarbonyl (C=S) groups is 1. The Morgan fingerprint density at radius 1 is 1.35 bits per heavy atom. The Balaban J connectivity index is 1.68. The van der Waals surface area contributed by atoms with Crippen LogP contribution < -0.4 is 15.4 Å². The summed E-state index contributed by atoms with van der Waals surface area (Å²) in [4.78, 5) is 0. The van der Waals surface area contributed by atoms with Crippen LogP contribution >= 0.6 is 23.8 Å². The normalized spacial score (nSPS) is 10.4. The maximum absolute atomic E-state index is 5.98. The molecule has 0 unspecified atom stereocenters. The molecule has 0 saturated carbocycles. The van der Waals surface area contributed by atoms with Crippen molar-refractivity contribution in [2.75, 3.05) is 18.5 Å². The van der Waals surface area contributed by atoms with E-state index in [1.54, 1.807) is 0 Å². The molecule has 7 heteroatoms. The minimum absolute atomic E-state index is 0.601. The number of halogens is 1. The smallest absolute Gasteiger partial charge is 0.170 e. The van der Waals surface area contributed by atoms with Crippen molar-refractivity contribution in [2.24, 2.45) is 0 Å². The number of nitrogens with one attached hydrogen (secondary N) is 2. The van der Waals surface area contributed by atoms with E-state index in [2.05, 4.69) is 15.7 Å². The van der Waals surface area contributed by atoms with Crippen molar-refractivity contribution in [1.29, 1.82) is 0 Å². The lowest BCUT2D eigenvalue weighted by atomic mass is 10.3. The van der Waals surface area contributed by atoms with Crippen molar-refractivity contribution in [3.63, 3.8) is 0 Å². The first-order valence-corrected chi connectivity index (χ1v) is 8.34. The SMILES string of the molecule is CCOc1ccc(NC(=S)NCCCn2cc(Cl)c(C)n2)cc1. The average Bonchev–Trinajstić information content (AvgIpc) is 2.84. The fraction of sp³-hybridized carbons (Fsp3) is 0.375. The maximum Gasteiger partial charge on any atom is 0.170 e. The van der Waals surface area contributed by atoms with Gasteiger partial charge in [-0.25, -0.2) is 0 Å². The summed E-state index contributed by atoms with van der Waals surface area (Å²) in [7, 11) is 0. The molecule has 2 N–H and O–H groups in total. The Labute approximate surface area is 147 Å². The lowest BCUT2D eigenvalue weighted by Crippen LogP contribution is -2.29. The topological polar surface area (TPSA) is 51.1 Å². The van der Waals surface area contributed by atoms with Gasteiger partial charge in [0.05, 0.1) is 17.3 Å². The lowest BCUT2D eigenvalue weighted by molar-refractivity contribution is 0.340. The highest BCUT2D eigenvalue weighted by molar-refractivity contribution is 7.80. The molecule has 0 aliphatic carbocycles. The Kier molecular flexibility index (Phi) is 6.67. The summed E-state index contributed by atoms with van der Waals surface area (Å²) in [5, 5.41) is 11.9. The van der Waals surface area contributed by atoms with Crippen LogP contribution in [0.25, 0.3) is 0 Å². The fourth-order valence-corrected chi connectivity index (χ4v) is 2.40. The van der Waals surface area contributed by atoms with Crippen molar-refractivity contribution in [1.82, 2.24) is 15.1 Å². The second-order valence-corrected chi connectivity index (χ2v) is 5.83. The molecule has 0 radical (unpaired) electrons. The van der Waals surface area contributed by atoms with E-state index in [4.69, 9.17) is 28.6 Å². The highest BCUT2D eigenvalue weighted by Crippen LogP contribution is 2.15. The molecule has 0 amide bonds. The molecular formula is C16H21ClN4OS. The van der Waals surface area contributed by atoms with Crippen LogP contribution in [0.15, 0.2) is 30.5 Å². The van der Waals surface area contributed by atoms with Gasteiger partial charge in [0.1, 0.15) is 5.75 Å². The molecule has 0 aliphatic heterocycles. The first-order chi connectivity index (χ1) is 11.1. The van der Waals surface area contributed by atoms with E-state index >= 15 is 0 Å². The molecule has 0 fully saturated rings. The summed E-state index contributed by atoms with van der Waals surface area (Å²) in [5.41, 5.74) is 1.78. The minimum Gasteiger partial charge on any atom is -0.494 e. The monoisotopic (exact) mass is 352 g/mol. The summed E-state index contributed by atoms with van der Waals surface area (Å²) >= 11 is 11.3. The summed E-state index contributed by atoms with van der Waals surface area (Å²) in [6.07, 6.45) is 2.75. The fourth-order valence-electron chi connectivity index (χ4n) is 2.03. The highest BCUT2D eigenvalue weighted by atomic mass is 35.5. The third kappa shape index (κ3) is 5.73. The summed E-state index contributed by atoms with van der Waals surface area (Å²) in [5.74, 6) is 0.852. The van der Waals surface area contributed by atoms with E-state index in [9.17, 15) is 0 Å². The largest absolute Gasteiger partial charge is 0.494 e. The molecule has 0 aliphatic rings. The predicted molar refractivity (Wildman–Crippen MR) is 98.4 cm³/mol. The Hall–Kier alpha value is -1.79. The number of hydrogen-bond acceptors (Lipinski definition) is 3. The molecule has 0 bridgehead atoms. The molecule has 23 heavy (non-hydrogen) atoms. The Bertz CT molecular complexity index is 623. The van der Waals surface area contributed by atoms with E-state index in [-0.39, 0.29) is 0 Å². The van der Waals surface area contributed by atoms with Gasteiger partial charge >= 0.3 is 0 Å². The Morgan fingerprint density at radius 3 is 2.70 bits per heavy atom. The predicted octanol–water partition coefficient (Wildman–Crippen LogP) is 3.62. The molecular weight excluding hydrogens is 332 g/mol.